The van der Waals surface area contributed by atoms with E-state index in [0.717, 1.165) is 17.1 Å². The predicted molar refractivity (Wildman–Crippen MR) is 81.4 cm³/mol. The van der Waals surface area contributed by atoms with Crippen molar-refractivity contribution in [1.29, 1.82) is 0 Å². The molecule has 3 N–H and O–H groups in total. The third kappa shape index (κ3) is 2.60. The van der Waals surface area contributed by atoms with Crippen molar-refractivity contribution < 1.29 is 0 Å². The van der Waals surface area contributed by atoms with Crippen molar-refractivity contribution in [2.45, 2.75) is 6.04 Å². The smallest absolute Gasteiger partial charge is 0.153 e. The second-order valence-corrected chi connectivity index (χ2v) is 5.26. The molecule has 0 saturated heterocycles. The molecule has 0 radical (unpaired) electrons. The Kier molecular flexibility index (Phi) is 3.82. The lowest BCUT2D eigenvalue weighted by Crippen LogP contribution is -2.31. The molecule has 1 aromatic carbocycles. The second kappa shape index (κ2) is 5.76. The maximum absolute atomic E-state index is 5.69. The number of aryl methyl sites for hydroxylation is 1. The molecule has 1 atom stereocenters. The maximum atomic E-state index is 5.69. The maximum Gasteiger partial charge on any atom is 0.153 e. The van der Waals surface area contributed by atoms with E-state index in [0.29, 0.717) is 4.60 Å². The zero-order chi connectivity index (χ0) is 14.8. The summed E-state index contributed by atoms with van der Waals surface area (Å²) in [5.74, 6) is 5.69. The Morgan fingerprint density at radius 3 is 2.62 bits per heavy atom. The third-order valence-electron chi connectivity index (χ3n) is 3.19. The number of hydrazine groups is 1. The molecule has 3 aromatic rings. The molecule has 21 heavy (non-hydrogen) atoms. The molecule has 0 bridgehead atoms. The number of hydrogen-bond acceptors (Lipinski definition) is 5. The molecule has 0 amide bonds. The molecule has 108 valence electrons. The molecular formula is C13H14BrN7. The summed E-state index contributed by atoms with van der Waals surface area (Å²) >= 11 is 3.38. The third-order valence-corrected chi connectivity index (χ3v) is 3.76. The summed E-state index contributed by atoms with van der Waals surface area (Å²) in [6, 6.07) is 11.5. The van der Waals surface area contributed by atoms with Crippen molar-refractivity contribution in [1.82, 2.24) is 30.2 Å². The minimum absolute atomic E-state index is 0.302. The van der Waals surface area contributed by atoms with Gasteiger partial charge in [0.15, 0.2) is 4.60 Å². The Hall–Kier alpha value is -2.03. The largest absolute Gasteiger partial charge is 0.270 e. The lowest BCUT2D eigenvalue weighted by Gasteiger charge is -2.13. The number of nitrogens with zero attached hydrogens (tertiary/aromatic N) is 5. The van der Waals surface area contributed by atoms with Gasteiger partial charge >= 0.3 is 0 Å². The van der Waals surface area contributed by atoms with Crippen LogP contribution in [-0.2, 0) is 7.05 Å². The molecular weight excluding hydrogens is 334 g/mol. The van der Waals surface area contributed by atoms with Gasteiger partial charge in [-0.3, -0.25) is 5.84 Å². The van der Waals surface area contributed by atoms with Crippen LogP contribution >= 0.6 is 15.9 Å². The highest BCUT2D eigenvalue weighted by Gasteiger charge is 2.23. The molecule has 0 spiro atoms. The van der Waals surface area contributed by atoms with Gasteiger partial charge in [-0.25, -0.2) is 14.8 Å². The van der Waals surface area contributed by atoms with Gasteiger partial charge in [0.05, 0.1) is 17.1 Å². The van der Waals surface area contributed by atoms with Crippen molar-refractivity contribution in [3.8, 4) is 5.69 Å². The van der Waals surface area contributed by atoms with Crippen LogP contribution in [0.25, 0.3) is 5.69 Å². The van der Waals surface area contributed by atoms with Gasteiger partial charge in [0, 0.05) is 13.2 Å². The van der Waals surface area contributed by atoms with Crippen molar-refractivity contribution in [2.75, 3.05) is 0 Å². The summed E-state index contributed by atoms with van der Waals surface area (Å²) in [6.07, 6.45) is 1.90. The highest BCUT2D eigenvalue weighted by Crippen LogP contribution is 2.25. The summed E-state index contributed by atoms with van der Waals surface area (Å²) in [7, 11) is 1.81. The Balaban J connectivity index is 1.98. The normalized spacial score (nSPS) is 12.5. The Bertz CT molecular complexity index is 715. The van der Waals surface area contributed by atoms with Crippen LogP contribution in [0.4, 0.5) is 0 Å². The highest BCUT2D eigenvalue weighted by molar-refractivity contribution is 9.10. The SMILES string of the molecule is Cn1nnc(Br)c1C(NN)c1ccn(-c2ccccc2)n1. The first-order valence-corrected chi connectivity index (χ1v) is 7.12. The van der Waals surface area contributed by atoms with Crippen LogP contribution in [0.2, 0.25) is 0 Å². The minimum Gasteiger partial charge on any atom is -0.270 e. The van der Waals surface area contributed by atoms with Crippen LogP contribution in [0.3, 0.4) is 0 Å². The van der Waals surface area contributed by atoms with Gasteiger partial charge in [0.25, 0.3) is 0 Å². The Morgan fingerprint density at radius 1 is 1.24 bits per heavy atom. The topological polar surface area (TPSA) is 86.6 Å². The summed E-state index contributed by atoms with van der Waals surface area (Å²) < 4.78 is 4.11. The van der Waals surface area contributed by atoms with E-state index in [1.807, 2.05) is 49.6 Å². The average Bonchev–Trinajstić information content (AvgIpc) is 3.11. The highest BCUT2D eigenvalue weighted by atomic mass is 79.9. The zero-order valence-electron chi connectivity index (χ0n) is 11.3. The molecule has 8 heteroatoms. The number of nitrogens with two attached hydrogens (primary N) is 1. The Morgan fingerprint density at radius 2 is 2.00 bits per heavy atom. The second-order valence-electron chi connectivity index (χ2n) is 4.51. The number of benzene rings is 1. The molecule has 0 aliphatic carbocycles. The van der Waals surface area contributed by atoms with Crippen molar-refractivity contribution >= 4 is 15.9 Å². The molecule has 0 aliphatic rings. The van der Waals surface area contributed by atoms with Gasteiger partial charge in [0.2, 0.25) is 0 Å². The van der Waals surface area contributed by atoms with Gasteiger partial charge in [-0.1, -0.05) is 23.4 Å². The fraction of sp³-hybridized carbons (Fsp3) is 0.154. The fourth-order valence-corrected chi connectivity index (χ4v) is 2.72. The molecule has 0 saturated carbocycles. The van der Waals surface area contributed by atoms with Gasteiger partial charge in [-0.15, -0.1) is 5.10 Å². The summed E-state index contributed by atoms with van der Waals surface area (Å²) in [6.45, 7) is 0. The van der Waals surface area contributed by atoms with Gasteiger partial charge in [-0.2, -0.15) is 5.10 Å². The van der Waals surface area contributed by atoms with Crippen LogP contribution in [0.15, 0.2) is 47.2 Å². The van der Waals surface area contributed by atoms with Crippen molar-refractivity contribution in [3.05, 3.63) is 58.6 Å². The van der Waals surface area contributed by atoms with Gasteiger partial charge in [-0.05, 0) is 34.1 Å². The van der Waals surface area contributed by atoms with E-state index >= 15 is 0 Å². The first-order valence-electron chi connectivity index (χ1n) is 6.33. The number of aromatic nitrogens is 5. The molecule has 1 unspecified atom stereocenters. The number of para-hydroxylation sites is 1. The predicted octanol–water partition coefficient (Wildman–Crippen LogP) is 1.32. The Labute approximate surface area is 129 Å². The average molecular weight is 348 g/mol. The van der Waals surface area contributed by atoms with Crippen LogP contribution in [0.1, 0.15) is 17.4 Å². The van der Waals surface area contributed by atoms with Crippen LogP contribution < -0.4 is 11.3 Å². The molecule has 2 aromatic heterocycles. The van der Waals surface area contributed by atoms with Crippen LogP contribution in [0.5, 0.6) is 0 Å². The number of rotatable bonds is 4. The number of hydrogen-bond donors (Lipinski definition) is 2. The quantitative estimate of drug-likeness (QED) is 0.549. The molecule has 2 heterocycles. The molecule has 0 fully saturated rings. The summed E-state index contributed by atoms with van der Waals surface area (Å²) in [4.78, 5) is 0. The van der Waals surface area contributed by atoms with Crippen molar-refractivity contribution in [3.63, 3.8) is 0 Å². The zero-order valence-corrected chi connectivity index (χ0v) is 12.9. The minimum atomic E-state index is -0.302. The van der Waals surface area contributed by atoms with E-state index in [1.54, 1.807) is 9.36 Å². The van der Waals surface area contributed by atoms with E-state index in [2.05, 4.69) is 36.8 Å². The van der Waals surface area contributed by atoms with Gasteiger partial charge < -0.3 is 0 Å². The first-order chi connectivity index (χ1) is 10.2. The molecule has 3 rings (SSSR count). The van der Waals surface area contributed by atoms with E-state index in [9.17, 15) is 0 Å². The lowest BCUT2D eigenvalue weighted by atomic mass is 10.1. The standard InChI is InChI=1S/C13H14BrN7/c1-20-12(13(14)17-19-20)11(16-15)10-7-8-21(18-10)9-5-3-2-4-6-9/h2-8,11,16H,15H2,1H3. The van der Waals surface area contributed by atoms with E-state index < -0.39 is 0 Å². The van der Waals surface area contributed by atoms with E-state index in [1.165, 1.54) is 0 Å². The van der Waals surface area contributed by atoms with E-state index in [-0.39, 0.29) is 6.04 Å². The van der Waals surface area contributed by atoms with Crippen LogP contribution in [-0.4, -0.2) is 24.8 Å². The first kappa shape index (κ1) is 13.9. The molecule has 0 aliphatic heterocycles. The number of halogens is 1. The van der Waals surface area contributed by atoms with Crippen LogP contribution in [0, 0.1) is 0 Å². The lowest BCUT2D eigenvalue weighted by molar-refractivity contribution is 0.554. The number of nitrogens with one attached hydrogen (secondary N) is 1. The van der Waals surface area contributed by atoms with Crippen molar-refractivity contribution in [2.24, 2.45) is 12.9 Å². The summed E-state index contributed by atoms with van der Waals surface area (Å²) in [5.41, 5.74) is 5.35. The van der Waals surface area contributed by atoms with Gasteiger partial charge in [0.1, 0.15) is 6.04 Å². The molecule has 7 nitrogen and oxygen atoms in total. The summed E-state index contributed by atoms with van der Waals surface area (Å²) in [5, 5.41) is 12.5. The monoisotopic (exact) mass is 347 g/mol. The fourth-order valence-electron chi connectivity index (χ4n) is 2.17. The van der Waals surface area contributed by atoms with E-state index in [4.69, 9.17) is 5.84 Å².